The van der Waals surface area contributed by atoms with Crippen molar-refractivity contribution in [3.63, 3.8) is 0 Å². The van der Waals surface area contributed by atoms with Crippen molar-refractivity contribution >= 4 is 11.6 Å². The fraction of sp³-hybridized carbons (Fsp3) is 0.333. The lowest BCUT2D eigenvalue weighted by Crippen LogP contribution is -2.36. The number of carbonyl (C=O) groups is 1. The van der Waals surface area contributed by atoms with Crippen LogP contribution >= 0.6 is 0 Å². The summed E-state index contributed by atoms with van der Waals surface area (Å²) in [6.45, 7) is 3.71. The molecule has 98 valence electrons. The molecular weight excluding hydrogens is 243 g/mol. The highest BCUT2D eigenvalue weighted by molar-refractivity contribution is 6.15. The lowest BCUT2D eigenvalue weighted by atomic mass is 9.95. The molecule has 1 amide bonds. The Hall–Kier alpha value is -1.97. The van der Waals surface area contributed by atoms with Gasteiger partial charge in [-0.25, -0.2) is 4.39 Å². The van der Waals surface area contributed by atoms with Gasteiger partial charge in [-0.05, 0) is 41.8 Å². The van der Waals surface area contributed by atoms with Crippen LogP contribution in [0, 0.1) is 5.82 Å². The highest BCUT2D eigenvalue weighted by atomic mass is 19.1. The quantitative estimate of drug-likeness (QED) is 0.760. The molecule has 2 aliphatic heterocycles. The minimum absolute atomic E-state index is 0.0944. The van der Waals surface area contributed by atoms with Crippen LogP contribution in [0.1, 0.15) is 18.9 Å². The van der Waals surface area contributed by atoms with Crippen molar-refractivity contribution in [3.8, 4) is 0 Å². The number of aliphatic imine (C=N–C) groups is 1. The van der Waals surface area contributed by atoms with Crippen molar-refractivity contribution in [1.29, 1.82) is 0 Å². The molecule has 19 heavy (non-hydrogen) atoms. The highest BCUT2D eigenvalue weighted by Gasteiger charge is 2.27. The predicted octanol–water partition coefficient (Wildman–Crippen LogP) is 2.18. The molecule has 0 saturated carbocycles. The van der Waals surface area contributed by atoms with Crippen LogP contribution in [0.2, 0.25) is 0 Å². The average molecular weight is 258 g/mol. The van der Waals surface area contributed by atoms with E-state index in [4.69, 9.17) is 0 Å². The van der Waals surface area contributed by atoms with E-state index in [-0.39, 0.29) is 11.7 Å². The van der Waals surface area contributed by atoms with Crippen LogP contribution in [0.3, 0.4) is 0 Å². The molecule has 0 radical (unpaired) electrons. The number of halogens is 1. The molecule has 2 aliphatic rings. The fourth-order valence-corrected chi connectivity index (χ4v) is 2.63. The van der Waals surface area contributed by atoms with Gasteiger partial charge < -0.3 is 4.90 Å². The Labute approximate surface area is 111 Å². The van der Waals surface area contributed by atoms with Gasteiger partial charge in [0.15, 0.2) is 0 Å². The summed E-state index contributed by atoms with van der Waals surface area (Å²) in [5.41, 5.74) is 4.31. The second-order valence-corrected chi connectivity index (χ2v) is 4.94. The molecule has 0 unspecified atom stereocenters. The van der Waals surface area contributed by atoms with Gasteiger partial charge in [-0.3, -0.25) is 9.79 Å². The number of nitrogens with zero attached hydrogens (tertiary/aromatic N) is 2. The second kappa shape index (κ2) is 4.61. The van der Waals surface area contributed by atoms with E-state index in [9.17, 15) is 9.18 Å². The number of carbonyl (C=O) groups excluding carboxylic acids is 1. The van der Waals surface area contributed by atoms with E-state index in [1.54, 1.807) is 19.1 Å². The largest absolute Gasteiger partial charge is 0.338 e. The third-order valence-corrected chi connectivity index (χ3v) is 3.74. The maximum atomic E-state index is 13.0. The lowest BCUT2D eigenvalue weighted by Gasteiger charge is -2.27. The summed E-state index contributed by atoms with van der Waals surface area (Å²) >= 11 is 0. The Morgan fingerprint density at radius 2 is 2.05 bits per heavy atom. The van der Waals surface area contributed by atoms with E-state index >= 15 is 0 Å². The monoisotopic (exact) mass is 258 g/mol. The van der Waals surface area contributed by atoms with Crippen molar-refractivity contribution in [3.05, 3.63) is 46.8 Å². The summed E-state index contributed by atoms with van der Waals surface area (Å²) < 4.78 is 13.0. The minimum Gasteiger partial charge on any atom is -0.338 e. The number of hydrogen-bond donors (Lipinski definition) is 0. The van der Waals surface area contributed by atoms with Crippen LogP contribution in [0.5, 0.6) is 0 Å². The molecule has 0 saturated heterocycles. The zero-order chi connectivity index (χ0) is 13.4. The van der Waals surface area contributed by atoms with E-state index < -0.39 is 0 Å². The number of rotatable bonds is 1. The van der Waals surface area contributed by atoms with E-state index in [2.05, 4.69) is 4.99 Å². The van der Waals surface area contributed by atoms with Gasteiger partial charge in [0.1, 0.15) is 5.82 Å². The van der Waals surface area contributed by atoms with Gasteiger partial charge in [0.05, 0.1) is 12.3 Å². The Morgan fingerprint density at radius 1 is 1.32 bits per heavy atom. The molecule has 1 aromatic carbocycles. The van der Waals surface area contributed by atoms with Gasteiger partial charge in [-0.1, -0.05) is 0 Å². The van der Waals surface area contributed by atoms with Crippen LogP contribution < -0.4 is 0 Å². The van der Waals surface area contributed by atoms with Crippen molar-refractivity contribution in [1.82, 2.24) is 4.90 Å². The molecular formula is C15H15FN2O. The maximum Gasteiger partial charge on any atom is 0.219 e. The SMILES string of the molecule is CC(=O)N1CCC2=C(C1)C(c1ccc(F)cc1)=NC2. The lowest BCUT2D eigenvalue weighted by molar-refractivity contribution is -0.128. The number of benzene rings is 1. The average Bonchev–Trinajstić information content (AvgIpc) is 2.82. The second-order valence-electron chi connectivity index (χ2n) is 4.94. The Kier molecular flexibility index (Phi) is 2.93. The molecule has 0 aliphatic carbocycles. The van der Waals surface area contributed by atoms with Crippen LogP contribution in [-0.4, -0.2) is 36.2 Å². The van der Waals surface area contributed by atoms with Crippen LogP contribution in [-0.2, 0) is 4.79 Å². The van der Waals surface area contributed by atoms with Gasteiger partial charge in [-0.15, -0.1) is 0 Å². The van der Waals surface area contributed by atoms with Crippen LogP contribution in [0.15, 0.2) is 40.4 Å². The van der Waals surface area contributed by atoms with Crippen LogP contribution in [0.4, 0.5) is 4.39 Å². The van der Waals surface area contributed by atoms with Gasteiger partial charge in [0.25, 0.3) is 0 Å². The fourth-order valence-electron chi connectivity index (χ4n) is 2.63. The Bertz CT molecular complexity index is 587. The predicted molar refractivity (Wildman–Crippen MR) is 71.7 cm³/mol. The molecule has 1 aromatic rings. The van der Waals surface area contributed by atoms with Crippen molar-refractivity contribution in [2.75, 3.05) is 19.6 Å². The molecule has 0 aromatic heterocycles. The minimum atomic E-state index is -0.245. The van der Waals surface area contributed by atoms with E-state index in [0.717, 1.165) is 29.8 Å². The van der Waals surface area contributed by atoms with Gasteiger partial charge in [0, 0.05) is 25.6 Å². The van der Waals surface area contributed by atoms with Gasteiger partial charge in [-0.2, -0.15) is 0 Å². The number of hydrogen-bond acceptors (Lipinski definition) is 2. The van der Waals surface area contributed by atoms with E-state index in [0.29, 0.717) is 13.1 Å². The first-order valence-corrected chi connectivity index (χ1v) is 6.42. The molecule has 2 heterocycles. The standard InChI is InChI=1S/C15H15FN2O/c1-10(19)18-7-6-12-8-17-15(14(12)9-18)11-2-4-13(16)5-3-11/h2-5H,6-9H2,1H3. The molecule has 0 spiro atoms. The summed E-state index contributed by atoms with van der Waals surface area (Å²) in [6.07, 6.45) is 0.892. The molecule has 4 heteroatoms. The summed E-state index contributed by atoms with van der Waals surface area (Å²) in [4.78, 5) is 17.9. The normalized spacial score (nSPS) is 18.4. The summed E-state index contributed by atoms with van der Waals surface area (Å²) in [5, 5.41) is 0. The molecule has 3 nitrogen and oxygen atoms in total. The Balaban J connectivity index is 1.90. The Morgan fingerprint density at radius 3 is 2.74 bits per heavy atom. The first-order valence-electron chi connectivity index (χ1n) is 6.42. The third kappa shape index (κ3) is 2.18. The summed E-state index contributed by atoms with van der Waals surface area (Å²) in [7, 11) is 0. The first-order chi connectivity index (χ1) is 9.15. The van der Waals surface area contributed by atoms with Gasteiger partial charge in [0.2, 0.25) is 5.91 Å². The maximum absolute atomic E-state index is 13.0. The first kappa shape index (κ1) is 12.1. The molecule has 3 rings (SSSR count). The van der Waals surface area contributed by atoms with Crippen molar-refractivity contribution in [2.45, 2.75) is 13.3 Å². The third-order valence-electron chi connectivity index (χ3n) is 3.74. The zero-order valence-corrected chi connectivity index (χ0v) is 10.8. The summed E-state index contributed by atoms with van der Waals surface area (Å²) in [6, 6.07) is 6.39. The molecule has 0 bridgehead atoms. The van der Waals surface area contributed by atoms with Crippen molar-refractivity contribution in [2.24, 2.45) is 4.99 Å². The number of amides is 1. The van der Waals surface area contributed by atoms with E-state index in [1.165, 1.54) is 17.7 Å². The smallest absolute Gasteiger partial charge is 0.219 e. The van der Waals surface area contributed by atoms with E-state index in [1.807, 2.05) is 4.90 Å². The zero-order valence-electron chi connectivity index (χ0n) is 10.8. The molecule has 0 N–H and O–H groups in total. The highest BCUT2D eigenvalue weighted by Crippen LogP contribution is 2.27. The molecule has 0 fully saturated rings. The molecule has 0 atom stereocenters. The topological polar surface area (TPSA) is 32.7 Å². The van der Waals surface area contributed by atoms with Crippen molar-refractivity contribution < 1.29 is 9.18 Å². The van der Waals surface area contributed by atoms with Crippen LogP contribution in [0.25, 0.3) is 0 Å². The van der Waals surface area contributed by atoms with Gasteiger partial charge >= 0.3 is 0 Å². The summed E-state index contributed by atoms with van der Waals surface area (Å²) in [5.74, 6) is -0.150.